The number of hydrogen-bond donors (Lipinski definition) is 3. The molecular weight excluding hydrogens is 466 g/mol. The van der Waals surface area contributed by atoms with E-state index >= 15 is 0 Å². The number of hydrogen-bond acceptors (Lipinski definition) is 6. The molecule has 1 fully saturated rings. The summed E-state index contributed by atoms with van der Waals surface area (Å²) in [5.74, 6) is 0.477. The highest BCUT2D eigenvalue weighted by Gasteiger charge is 2.30. The first-order valence-electron chi connectivity index (χ1n) is 11.4. The van der Waals surface area contributed by atoms with Crippen LogP contribution in [0.1, 0.15) is 52.8 Å². The van der Waals surface area contributed by atoms with Crippen LogP contribution in [0.2, 0.25) is 5.02 Å². The van der Waals surface area contributed by atoms with Gasteiger partial charge in [0.25, 0.3) is 10.0 Å². The summed E-state index contributed by atoms with van der Waals surface area (Å²) in [7, 11) is -4.18. The Hall–Kier alpha value is -2.07. The fourth-order valence-corrected chi connectivity index (χ4v) is 6.67. The highest BCUT2D eigenvalue weighted by molar-refractivity contribution is 7.89. The number of carbonyl (C=O) groups is 1. The number of benzene rings is 1. The van der Waals surface area contributed by atoms with Crippen molar-refractivity contribution in [2.24, 2.45) is 0 Å². The number of aliphatic hydroxyl groups excluding tert-OH is 1. The number of nitrogens with zero attached hydrogens (tertiary/aromatic N) is 1. The molecule has 2 aliphatic carbocycles. The van der Waals surface area contributed by atoms with Crippen molar-refractivity contribution in [3.8, 4) is 0 Å². The molecule has 1 atom stereocenters. The summed E-state index contributed by atoms with van der Waals surface area (Å²) in [4.78, 5) is 14.8. The van der Waals surface area contributed by atoms with Crippen molar-refractivity contribution < 1.29 is 22.7 Å². The van der Waals surface area contributed by atoms with E-state index in [9.17, 15) is 18.3 Å². The van der Waals surface area contributed by atoms with Crippen LogP contribution in [0.15, 0.2) is 15.6 Å². The van der Waals surface area contributed by atoms with E-state index in [-0.39, 0.29) is 11.2 Å². The molecule has 0 unspecified atom stereocenters. The van der Waals surface area contributed by atoms with Crippen LogP contribution in [0, 0.1) is 6.92 Å². The third-order valence-corrected chi connectivity index (χ3v) is 8.58. The molecule has 2 aromatic rings. The number of halogens is 1. The summed E-state index contributed by atoms with van der Waals surface area (Å²) in [5, 5.41) is 13.0. The quantitative estimate of drug-likeness (QED) is 0.589. The van der Waals surface area contributed by atoms with Gasteiger partial charge in [-0.15, -0.1) is 0 Å². The van der Waals surface area contributed by atoms with Crippen molar-refractivity contribution in [2.45, 2.75) is 69.6 Å². The van der Waals surface area contributed by atoms with E-state index in [1.165, 1.54) is 6.07 Å². The number of anilines is 1. The lowest BCUT2D eigenvalue weighted by Gasteiger charge is -2.18. The van der Waals surface area contributed by atoms with Crippen LogP contribution in [0.5, 0.6) is 0 Å². The Labute approximate surface area is 198 Å². The van der Waals surface area contributed by atoms with E-state index in [4.69, 9.17) is 16.0 Å². The number of urea groups is 1. The summed E-state index contributed by atoms with van der Waals surface area (Å²) in [6.45, 7) is 3.46. The van der Waals surface area contributed by atoms with Crippen molar-refractivity contribution in [3.63, 3.8) is 0 Å². The van der Waals surface area contributed by atoms with Gasteiger partial charge in [0, 0.05) is 42.0 Å². The van der Waals surface area contributed by atoms with Crippen molar-refractivity contribution in [3.05, 3.63) is 44.7 Å². The van der Waals surface area contributed by atoms with Gasteiger partial charge >= 0.3 is 6.03 Å². The fraction of sp³-hybridized carbons (Fsp3) is 0.522. The molecule has 2 amide bonds. The number of likely N-dealkylation sites (tertiary alicyclic amines) is 1. The Balaban J connectivity index is 1.33. The monoisotopic (exact) mass is 493 g/mol. The standard InChI is InChI=1S/C23H28ClN3O5S/c1-13-14(11-27-9-8-15(28)12-27)10-20(32-13)33(30,31)26-23(29)25-22-18-6-2-4-16(18)21(24)17-5-3-7-19(17)22/h10,15,28H,2-9,11-12H2,1H3,(H2,25,26,29)/t15-/m0/s1. The smallest absolute Gasteiger partial charge is 0.333 e. The summed E-state index contributed by atoms with van der Waals surface area (Å²) in [6.07, 6.45) is 5.65. The summed E-state index contributed by atoms with van der Waals surface area (Å²) < 4.78 is 33.3. The Morgan fingerprint density at radius 2 is 1.82 bits per heavy atom. The minimum Gasteiger partial charge on any atom is -0.448 e. The van der Waals surface area contributed by atoms with E-state index in [1.807, 2.05) is 4.90 Å². The van der Waals surface area contributed by atoms with E-state index in [2.05, 4.69) is 10.0 Å². The summed E-state index contributed by atoms with van der Waals surface area (Å²) in [6, 6.07) is 0.645. The summed E-state index contributed by atoms with van der Waals surface area (Å²) >= 11 is 6.63. The third-order valence-electron chi connectivity index (χ3n) is 6.94. The van der Waals surface area contributed by atoms with Crippen LogP contribution >= 0.6 is 11.6 Å². The van der Waals surface area contributed by atoms with Crippen LogP contribution < -0.4 is 10.0 Å². The number of fused-ring (bicyclic) bond motifs is 2. The third kappa shape index (κ3) is 4.27. The zero-order chi connectivity index (χ0) is 23.3. The van der Waals surface area contributed by atoms with Crippen molar-refractivity contribution in [1.82, 2.24) is 9.62 Å². The molecule has 0 bridgehead atoms. The van der Waals surface area contributed by atoms with Crippen LogP contribution in [-0.4, -0.2) is 43.6 Å². The van der Waals surface area contributed by atoms with Gasteiger partial charge < -0.3 is 14.8 Å². The molecule has 5 rings (SSSR count). The van der Waals surface area contributed by atoms with Crippen LogP contribution in [0.25, 0.3) is 0 Å². The summed E-state index contributed by atoms with van der Waals surface area (Å²) in [5.41, 5.74) is 5.64. The molecule has 0 radical (unpaired) electrons. The normalized spacial score (nSPS) is 20.2. The maximum absolute atomic E-state index is 12.9. The number of aryl methyl sites for hydroxylation is 1. The van der Waals surface area contributed by atoms with Crippen molar-refractivity contribution in [2.75, 3.05) is 18.4 Å². The second-order valence-electron chi connectivity index (χ2n) is 9.19. The first kappa shape index (κ1) is 22.7. The first-order chi connectivity index (χ1) is 15.7. The minimum atomic E-state index is -4.18. The van der Waals surface area contributed by atoms with Gasteiger partial charge in [-0.25, -0.2) is 9.52 Å². The highest BCUT2D eigenvalue weighted by Crippen LogP contribution is 2.44. The molecule has 10 heteroatoms. The topological polar surface area (TPSA) is 112 Å². The Morgan fingerprint density at radius 1 is 1.18 bits per heavy atom. The molecular formula is C23H28ClN3O5S. The predicted molar refractivity (Wildman–Crippen MR) is 124 cm³/mol. The zero-order valence-electron chi connectivity index (χ0n) is 18.5. The number of β-amino-alcohol motifs (C(OH)–C–C–N with tert-alkyl or cyclic N) is 1. The Bertz CT molecular complexity index is 1190. The van der Waals surface area contributed by atoms with E-state index < -0.39 is 16.1 Å². The SMILES string of the molecule is Cc1oc(S(=O)(=O)NC(=O)Nc2c3c(c(Cl)c4c2CCC4)CCC3)cc1CN1CC[C@H](O)C1. The number of aliphatic hydroxyl groups is 1. The largest absolute Gasteiger partial charge is 0.448 e. The molecule has 33 heavy (non-hydrogen) atoms. The number of furan rings is 1. The van der Waals surface area contributed by atoms with Gasteiger partial charge in [0.15, 0.2) is 0 Å². The zero-order valence-corrected chi connectivity index (χ0v) is 20.1. The van der Waals surface area contributed by atoms with Gasteiger partial charge in [-0.3, -0.25) is 4.90 Å². The molecule has 1 aliphatic heterocycles. The molecule has 2 heterocycles. The van der Waals surface area contributed by atoms with Gasteiger partial charge in [0.2, 0.25) is 5.09 Å². The molecule has 0 saturated carbocycles. The van der Waals surface area contributed by atoms with Gasteiger partial charge in [-0.2, -0.15) is 8.42 Å². The number of rotatable bonds is 5. The van der Waals surface area contributed by atoms with Crippen LogP contribution in [0.4, 0.5) is 10.5 Å². The highest BCUT2D eigenvalue weighted by atomic mass is 35.5. The fourth-order valence-electron chi connectivity index (χ4n) is 5.33. The molecule has 178 valence electrons. The Kier molecular flexibility index (Phi) is 5.93. The van der Waals surface area contributed by atoms with Crippen LogP contribution in [0.3, 0.4) is 0 Å². The van der Waals surface area contributed by atoms with Gasteiger partial charge in [-0.05, 0) is 74.1 Å². The molecule has 3 N–H and O–H groups in total. The average molecular weight is 494 g/mol. The lowest BCUT2D eigenvalue weighted by Crippen LogP contribution is -2.34. The number of carbonyl (C=O) groups excluding carboxylic acids is 1. The van der Waals surface area contributed by atoms with Crippen LogP contribution in [-0.2, 0) is 42.3 Å². The predicted octanol–water partition coefficient (Wildman–Crippen LogP) is 3.30. The lowest BCUT2D eigenvalue weighted by atomic mass is 9.98. The van der Waals surface area contributed by atoms with E-state index in [1.54, 1.807) is 6.92 Å². The second-order valence-corrected chi connectivity index (χ2v) is 11.2. The molecule has 8 nitrogen and oxygen atoms in total. The van der Waals surface area contributed by atoms with E-state index in [0.717, 1.165) is 83.6 Å². The molecule has 3 aliphatic rings. The van der Waals surface area contributed by atoms with Crippen molar-refractivity contribution >= 4 is 33.3 Å². The van der Waals surface area contributed by atoms with Crippen molar-refractivity contribution in [1.29, 1.82) is 0 Å². The maximum Gasteiger partial charge on any atom is 0.333 e. The van der Waals surface area contributed by atoms with Gasteiger partial charge in [-0.1, -0.05) is 11.6 Å². The van der Waals surface area contributed by atoms with Gasteiger partial charge in [0.1, 0.15) is 5.76 Å². The number of sulfonamides is 1. The number of nitrogens with one attached hydrogen (secondary N) is 2. The molecule has 1 aromatic carbocycles. The van der Waals surface area contributed by atoms with Gasteiger partial charge in [0.05, 0.1) is 6.10 Å². The molecule has 0 spiro atoms. The molecule has 1 aromatic heterocycles. The Morgan fingerprint density at radius 3 is 2.42 bits per heavy atom. The minimum absolute atomic E-state index is 0.295. The maximum atomic E-state index is 12.9. The number of amides is 2. The lowest BCUT2D eigenvalue weighted by molar-refractivity contribution is 0.174. The first-order valence-corrected chi connectivity index (χ1v) is 13.3. The van der Waals surface area contributed by atoms with E-state index in [0.29, 0.717) is 25.3 Å². The second kappa shape index (κ2) is 8.61. The molecule has 1 saturated heterocycles. The average Bonchev–Trinajstić information content (AvgIpc) is 3.53.